The van der Waals surface area contributed by atoms with Gasteiger partial charge in [0.05, 0.1) is 5.02 Å². The minimum Gasteiger partial charge on any atom is -0.311 e. The Bertz CT molecular complexity index is 402. The minimum atomic E-state index is 0.652. The second kappa shape index (κ2) is 5.49. The van der Waals surface area contributed by atoms with Gasteiger partial charge < -0.3 is 5.32 Å². The van der Waals surface area contributed by atoms with Gasteiger partial charge in [-0.1, -0.05) is 18.5 Å². The normalized spacial score (nSPS) is 29.7. The zero-order chi connectivity index (χ0) is 12.5. The van der Waals surface area contributed by atoms with E-state index in [0.29, 0.717) is 6.04 Å². The Hall–Kier alpha value is -0.0900. The van der Waals surface area contributed by atoms with E-state index < -0.39 is 0 Å². The molecule has 0 bridgehead atoms. The average Bonchev–Trinajstić information content (AvgIpc) is 3.15. The molecule has 4 heteroatoms. The minimum absolute atomic E-state index is 0.652. The van der Waals surface area contributed by atoms with Crippen LogP contribution in [0, 0.1) is 5.92 Å². The summed E-state index contributed by atoms with van der Waals surface area (Å²) in [5.74, 6) is 0.925. The Morgan fingerprint density at radius 1 is 1.50 bits per heavy atom. The molecule has 1 aromatic heterocycles. The first-order valence-electron chi connectivity index (χ1n) is 6.97. The summed E-state index contributed by atoms with van der Waals surface area (Å²) in [4.78, 5) is 4.00. The molecule has 100 valence electrons. The van der Waals surface area contributed by atoms with Gasteiger partial charge in [-0.25, -0.2) is 0 Å². The van der Waals surface area contributed by atoms with Crippen molar-refractivity contribution in [2.75, 3.05) is 13.1 Å². The summed E-state index contributed by atoms with van der Waals surface area (Å²) in [7, 11) is 0. The van der Waals surface area contributed by atoms with Crippen molar-refractivity contribution in [3.63, 3.8) is 0 Å². The predicted octanol–water partition coefficient (Wildman–Crippen LogP) is 3.36. The van der Waals surface area contributed by atoms with Crippen molar-refractivity contribution in [3.05, 3.63) is 21.3 Å². The van der Waals surface area contributed by atoms with E-state index in [1.54, 1.807) is 11.3 Å². The molecule has 2 nitrogen and oxygen atoms in total. The molecule has 1 aliphatic heterocycles. The molecule has 1 N–H and O–H groups in total. The van der Waals surface area contributed by atoms with E-state index in [1.165, 1.54) is 30.7 Å². The largest absolute Gasteiger partial charge is 0.311 e. The topological polar surface area (TPSA) is 15.3 Å². The fourth-order valence-corrected chi connectivity index (χ4v) is 4.04. The van der Waals surface area contributed by atoms with Crippen LogP contribution < -0.4 is 5.32 Å². The van der Waals surface area contributed by atoms with Gasteiger partial charge in [-0.05, 0) is 36.6 Å². The van der Waals surface area contributed by atoms with Gasteiger partial charge in [0.25, 0.3) is 0 Å². The number of hydrogen-bond acceptors (Lipinski definition) is 3. The number of hydrogen-bond donors (Lipinski definition) is 1. The zero-order valence-electron chi connectivity index (χ0n) is 10.9. The number of piperazine rings is 1. The summed E-state index contributed by atoms with van der Waals surface area (Å²) < 4.78 is 0. The van der Waals surface area contributed by atoms with Crippen LogP contribution in [0.25, 0.3) is 0 Å². The van der Waals surface area contributed by atoms with Crippen LogP contribution in [0.3, 0.4) is 0 Å². The van der Waals surface area contributed by atoms with E-state index in [2.05, 4.69) is 22.5 Å². The van der Waals surface area contributed by atoms with Crippen LogP contribution in [0.15, 0.2) is 11.4 Å². The van der Waals surface area contributed by atoms with E-state index in [9.17, 15) is 0 Å². The third kappa shape index (κ3) is 2.74. The molecule has 18 heavy (non-hydrogen) atoms. The van der Waals surface area contributed by atoms with Crippen LogP contribution in [0.4, 0.5) is 0 Å². The highest BCUT2D eigenvalue weighted by Crippen LogP contribution is 2.37. The molecule has 1 saturated heterocycles. The van der Waals surface area contributed by atoms with Gasteiger partial charge in [0.2, 0.25) is 0 Å². The van der Waals surface area contributed by atoms with Gasteiger partial charge in [0.1, 0.15) is 0 Å². The number of nitrogens with zero attached hydrogens (tertiary/aromatic N) is 1. The van der Waals surface area contributed by atoms with E-state index in [-0.39, 0.29) is 0 Å². The quantitative estimate of drug-likeness (QED) is 0.912. The van der Waals surface area contributed by atoms with Crippen molar-refractivity contribution in [2.24, 2.45) is 5.92 Å². The highest BCUT2D eigenvalue weighted by Gasteiger charge is 2.38. The average molecular weight is 285 g/mol. The third-order valence-corrected chi connectivity index (χ3v) is 5.61. The molecule has 2 atom stereocenters. The molecule has 0 aromatic carbocycles. The maximum atomic E-state index is 6.24. The monoisotopic (exact) mass is 284 g/mol. The number of rotatable bonds is 4. The van der Waals surface area contributed by atoms with Gasteiger partial charge in [0.15, 0.2) is 0 Å². The van der Waals surface area contributed by atoms with E-state index in [1.807, 2.05) is 6.07 Å². The Kier molecular flexibility index (Phi) is 3.94. The second-order valence-corrected chi connectivity index (χ2v) is 6.95. The summed E-state index contributed by atoms with van der Waals surface area (Å²) >= 11 is 8.03. The molecule has 2 unspecified atom stereocenters. The van der Waals surface area contributed by atoms with Crippen LogP contribution in [0.2, 0.25) is 5.02 Å². The SMILES string of the molecule is CCC1CN(Cc2sccc2Cl)C(C2CC2)CN1. The van der Waals surface area contributed by atoms with Crippen LogP contribution in [-0.2, 0) is 6.54 Å². The second-order valence-electron chi connectivity index (χ2n) is 5.54. The molecule has 1 saturated carbocycles. The van der Waals surface area contributed by atoms with Crippen molar-refractivity contribution in [2.45, 2.75) is 44.8 Å². The lowest BCUT2D eigenvalue weighted by Crippen LogP contribution is -2.56. The molecule has 0 spiro atoms. The fraction of sp³-hybridized carbons (Fsp3) is 0.714. The highest BCUT2D eigenvalue weighted by atomic mass is 35.5. The lowest BCUT2D eigenvalue weighted by molar-refractivity contribution is 0.107. The summed E-state index contributed by atoms with van der Waals surface area (Å²) in [5.41, 5.74) is 0. The summed E-state index contributed by atoms with van der Waals surface area (Å²) in [6.45, 7) is 5.64. The summed E-state index contributed by atoms with van der Waals surface area (Å²) in [5, 5.41) is 6.74. The molecular weight excluding hydrogens is 264 g/mol. The highest BCUT2D eigenvalue weighted by molar-refractivity contribution is 7.10. The Labute approximate surface area is 118 Å². The molecule has 3 rings (SSSR count). The Morgan fingerprint density at radius 3 is 2.94 bits per heavy atom. The maximum Gasteiger partial charge on any atom is 0.0558 e. The van der Waals surface area contributed by atoms with E-state index in [4.69, 9.17) is 11.6 Å². The van der Waals surface area contributed by atoms with Crippen molar-refractivity contribution in [3.8, 4) is 0 Å². The van der Waals surface area contributed by atoms with Crippen LogP contribution in [-0.4, -0.2) is 30.1 Å². The van der Waals surface area contributed by atoms with Crippen molar-refractivity contribution in [1.82, 2.24) is 10.2 Å². The van der Waals surface area contributed by atoms with Gasteiger partial charge in [0, 0.05) is 36.6 Å². The predicted molar refractivity (Wildman–Crippen MR) is 78.3 cm³/mol. The first-order chi connectivity index (χ1) is 8.78. The lowest BCUT2D eigenvalue weighted by Gasteiger charge is -2.40. The van der Waals surface area contributed by atoms with Crippen molar-refractivity contribution >= 4 is 22.9 Å². The number of nitrogens with one attached hydrogen (secondary N) is 1. The number of thiophene rings is 1. The smallest absolute Gasteiger partial charge is 0.0558 e. The van der Waals surface area contributed by atoms with Crippen molar-refractivity contribution < 1.29 is 0 Å². The first kappa shape index (κ1) is 12.9. The molecule has 1 aromatic rings. The first-order valence-corrected chi connectivity index (χ1v) is 8.23. The van der Waals surface area contributed by atoms with Gasteiger partial charge in [-0.2, -0.15) is 0 Å². The van der Waals surface area contributed by atoms with Gasteiger partial charge in [-0.3, -0.25) is 4.90 Å². The van der Waals surface area contributed by atoms with E-state index in [0.717, 1.165) is 30.1 Å². The third-order valence-electron chi connectivity index (χ3n) is 4.24. The maximum absolute atomic E-state index is 6.24. The number of halogens is 1. The van der Waals surface area contributed by atoms with Gasteiger partial charge in [-0.15, -0.1) is 11.3 Å². The lowest BCUT2D eigenvalue weighted by atomic mass is 10.0. The fourth-order valence-electron chi connectivity index (χ4n) is 2.92. The zero-order valence-corrected chi connectivity index (χ0v) is 12.4. The van der Waals surface area contributed by atoms with Crippen molar-refractivity contribution in [1.29, 1.82) is 0 Å². The summed E-state index contributed by atoms with van der Waals surface area (Å²) in [6.07, 6.45) is 4.04. The molecule has 0 radical (unpaired) electrons. The molecule has 1 aliphatic carbocycles. The molecule has 2 heterocycles. The molecule has 2 aliphatic rings. The summed E-state index contributed by atoms with van der Waals surface area (Å²) in [6, 6.07) is 3.40. The molecular formula is C14H21ClN2S. The standard InChI is InChI=1S/C14H21ClN2S/c1-2-11-8-17(9-14-12(15)5-6-18-14)13(7-16-11)10-3-4-10/h5-6,10-11,13,16H,2-4,7-9H2,1H3. The van der Waals surface area contributed by atoms with Crippen LogP contribution in [0.5, 0.6) is 0 Å². The molecule has 0 amide bonds. The Morgan fingerprint density at radius 2 is 2.33 bits per heavy atom. The molecule has 2 fully saturated rings. The van der Waals surface area contributed by atoms with Crippen LogP contribution >= 0.6 is 22.9 Å². The Balaban J connectivity index is 1.70. The van der Waals surface area contributed by atoms with Gasteiger partial charge >= 0.3 is 0 Å². The van der Waals surface area contributed by atoms with Crippen LogP contribution in [0.1, 0.15) is 31.1 Å². The van der Waals surface area contributed by atoms with E-state index >= 15 is 0 Å².